The molecule has 0 saturated carbocycles. The van der Waals surface area contributed by atoms with E-state index in [1.54, 1.807) is 0 Å². The summed E-state index contributed by atoms with van der Waals surface area (Å²) < 4.78 is 0. The first-order valence-electron chi connectivity index (χ1n) is 6.63. The van der Waals surface area contributed by atoms with Crippen LogP contribution in [0.1, 0.15) is 26.2 Å². The van der Waals surface area contributed by atoms with Gasteiger partial charge in [-0.3, -0.25) is 24.0 Å². The van der Waals surface area contributed by atoms with Crippen molar-refractivity contribution in [2.45, 2.75) is 44.3 Å². The Balaban J connectivity index is 4.88. The van der Waals surface area contributed by atoms with E-state index in [-0.39, 0.29) is 12.8 Å². The molecule has 0 aromatic carbocycles. The molecular weight excluding hydrogens is 312 g/mol. The van der Waals surface area contributed by atoms with Gasteiger partial charge in [-0.05, 0) is 13.3 Å². The van der Waals surface area contributed by atoms with Crippen molar-refractivity contribution >= 4 is 29.7 Å². The molecule has 3 atom stereocenters. The van der Waals surface area contributed by atoms with E-state index in [0.29, 0.717) is 0 Å². The summed E-state index contributed by atoms with van der Waals surface area (Å²) in [5.41, 5.74) is 10.3. The average Bonchev–Trinajstić information content (AvgIpc) is 2.41. The number of aliphatic carboxylic acids is 2. The number of amides is 3. The number of nitrogens with one attached hydrogen (secondary N) is 2. The van der Waals surface area contributed by atoms with E-state index >= 15 is 0 Å². The smallest absolute Gasteiger partial charge is 0.325 e. The predicted molar refractivity (Wildman–Crippen MR) is 75.8 cm³/mol. The van der Waals surface area contributed by atoms with Gasteiger partial charge in [-0.1, -0.05) is 0 Å². The fourth-order valence-electron chi connectivity index (χ4n) is 1.49. The Labute approximate surface area is 131 Å². The molecule has 23 heavy (non-hydrogen) atoms. The number of nitrogens with two attached hydrogens (primary N) is 2. The topological polar surface area (TPSA) is 202 Å². The van der Waals surface area contributed by atoms with Crippen molar-refractivity contribution in [1.82, 2.24) is 10.6 Å². The molecule has 3 amide bonds. The van der Waals surface area contributed by atoms with Gasteiger partial charge in [-0.15, -0.1) is 0 Å². The first-order valence-corrected chi connectivity index (χ1v) is 6.63. The molecule has 0 aromatic rings. The van der Waals surface area contributed by atoms with Crippen LogP contribution >= 0.6 is 0 Å². The van der Waals surface area contributed by atoms with Gasteiger partial charge in [0.15, 0.2) is 0 Å². The first-order chi connectivity index (χ1) is 10.5. The lowest BCUT2D eigenvalue weighted by Gasteiger charge is -2.21. The van der Waals surface area contributed by atoms with Gasteiger partial charge in [0.2, 0.25) is 17.7 Å². The highest BCUT2D eigenvalue weighted by molar-refractivity contribution is 5.93. The van der Waals surface area contributed by atoms with Gasteiger partial charge < -0.3 is 32.3 Å². The fraction of sp³-hybridized carbons (Fsp3) is 0.583. The van der Waals surface area contributed by atoms with Gasteiger partial charge in [0.05, 0.1) is 12.5 Å². The third-order valence-electron chi connectivity index (χ3n) is 2.77. The zero-order chi connectivity index (χ0) is 18.2. The Bertz CT molecular complexity index is 494. The van der Waals surface area contributed by atoms with Crippen LogP contribution in [0.5, 0.6) is 0 Å². The fourth-order valence-corrected chi connectivity index (χ4v) is 1.49. The highest BCUT2D eigenvalue weighted by atomic mass is 16.4. The SMILES string of the molecule is CC(NC(=O)C(CCC(N)=O)NC(=O)C(N)CC(=O)O)C(=O)O. The largest absolute Gasteiger partial charge is 0.481 e. The monoisotopic (exact) mass is 332 g/mol. The minimum atomic E-state index is -1.40. The average molecular weight is 332 g/mol. The second-order valence-electron chi connectivity index (χ2n) is 4.84. The van der Waals surface area contributed by atoms with Gasteiger partial charge >= 0.3 is 11.9 Å². The van der Waals surface area contributed by atoms with Gasteiger partial charge in [0.1, 0.15) is 12.1 Å². The van der Waals surface area contributed by atoms with Crippen LogP contribution in [0, 0.1) is 0 Å². The van der Waals surface area contributed by atoms with Crippen LogP contribution in [0.15, 0.2) is 0 Å². The number of carbonyl (C=O) groups is 5. The maximum atomic E-state index is 12.0. The molecule has 0 fully saturated rings. The molecule has 0 aliphatic heterocycles. The first kappa shape index (κ1) is 20.3. The van der Waals surface area contributed by atoms with Crippen LogP contribution in [0.3, 0.4) is 0 Å². The zero-order valence-electron chi connectivity index (χ0n) is 12.4. The molecule has 0 saturated heterocycles. The molecule has 8 N–H and O–H groups in total. The third-order valence-corrected chi connectivity index (χ3v) is 2.77. The van der Waals surface area contributed by atoms with Crippen molar-refractivity contribution in [3.05, 3.63) is 0 Å². The summed E-state index contributed by atoms with van der Waals surface area (Å²) in [5, 5.41) is 21.6. The van der Waals surface area contributed by atoms with E-state index in [1.807, 2.05) is 0 Å². The van der Waals surface area contributed by atoms with Crippen molar-refractivity contribution in [3.63, 3.8) is 0 Å². The van der Waals surface area contributed by atoms with Crippen LogP contribution in [0.4, 0.5) is 0 Å². The highest BCUT2D eigenvalue weighted by Crippen LogP contribution is 2.00. The van der Waals surface area contributed by atoms with Crippen LogP contribution < -0.4 is 22.1 Å². The van der Waals surface area contributed by atoms with Crippen LogP contribution in [-0.4, -0.2) is 58.0 Å². The predicted octanol–water partition coefficient (Wildman–Crippen LogP) is -2.87. The van der Waals surface area contributed by atoms with Crippen LogP contribution in [0.2, 0.25) is 0 Å². The van der Waals surface area contributed by atoms with Crippen molar-refractivity contribution in [2.75, 3.05) is 0 Å². The number of hydrogen-bond donors (Lipinski definition) is 6. The molecule has 130 valence electrons. The van der Waals surface area contributed by atoms with E-state index in [2.05, 4.69) is 10.6 Å². The molecule has 3 unspecified atom stereocenters. The van der Waals surface area contributed by atoms with Crippen molar-refractivity contribution in [1.29, 1.82) is 0 Å². The maximum absolute atomic E-state index is 12.0. The van der Waals surface area contributed by atoms with Gasteiger partial charge in [-0.2, -0.15) is 0 Å². The van der Waals surface area contributed by atoms with Crippen LogP contribution in [0.25, 0.3) is 0 Å². The van der Waals surface area contributed by atoms with E-state index < -0.39 is 54.2 Å². The molecule has 0 heterocycles. The highest BCUT2D eigenvalue weighted by Gasteiger charge is 2.27. The second-order valence-corrected chi connectivity index (χ2v) is 4.84. The molecule has 11 nitrogen and oxygen atoms in total. The molecule has 0 bridgehead atoms. The Morgan fingerprint density at radius 2 is 1.61 bits per heavy atom. The van der Waals surface area contributed by atoms with E-state index in [9.17, 15) is 24.0 Å². The summed E-state index contributed by atoms with van der Waals surface area (Å²) in [6, 6.07) is -3.88. The number of carboxylic acids is 2. The summed E-state index contributed by atoms with van der Waals surface area (Å²) in [6.07, 6.45) is -1.07. The van der Waals surface area contributed by atoms with Gasteiger partial charge in [0.25, 0.3) is 0 Å². The maximum Gasteiger partial charge on any atom is 0.325 e. The molecule has 0 aromatic heterocycles. The van der Waals surface area contributed by atoms with Crippen LogP contribution in [-0.2, 0) is 24.0 Å². The number of carbonyl (C=O) groups excluding carboxylic acids is 3. The van der Waals surface area contributed by atoms with Gasteiger partial charge in [0, 0.05) is 6.42 Å². The Kier molecular flexibility index (Phi) is 8.26. The summed E-state index contributed by atoms with van der Waals surface area (Å²) >= 11 is 0. The summed E-state index contributed by atoms with van der Waals surface area (Å²) in [6.45, 7) is 1.21. The molecular formula is C12H20N4O7. The molecule has 0 spiro atoms. The summed E-state index contributed by atoms with van der Waals surface area (Å²) in [7, 11) is 0. The summed E-state index contributed by atoms with van der Waals surface area (Å²) in [5.74, 6) is -5.08. The Morgan fingerprint density at radius 3 is 2.04 bits per heavy atom. The lowest BCUT2D eigenvalue weighted by atomic mass is 10.1. The summed E-state index contributed by atoms with van der Waals surface area (Å²) in [4.78, 5) is 55.7. The molecule has 11 heteroatoms. The normalized spacial score (nSPS) is 14.2. The third kappa shape index (κ3) is 8.36. The Hall–Kier alpha value is -2.69. The van der Waals surface area contributed by atoms with E-state index in [0.717, 1.165) is 0 Å². The van der Waals surface area contributed by atoms with E-state index in [1.165, 1.54) is 6.92 Å². The second kappa shape index (κ2) is 9.35. The Morgan fingerprint density at radius 1 is 1.04 bits per heavy atom. The number of carboxylic acid groups (broad SMARTS) is 2. The van der Waals surface area contributed by atoms with Crippen molar-refractivity contribution in [2.24, 2.45) is 11.5 Å². The number of hydrogen-bond acceptors (Lipinski definition) is 6. The van der Waals surface area contributed by atoms with E-state index in [4.69, 9.17) is 21.7 Å². The molecule has 0 aliphatic carbocycles. The number of rotatable bonds is 10. The van der Waals surface area contributed by atoms with Crippen molar-refractivity contribution < 1.29 is 34.2 Å². The number of primary amides is 1. The van der Waals surface area contributed by atoms with Crippen molar-refractivity contribution in [3.8, 4) is 0 Å². The quantitative estimate of drug-likeness (QED) is 0.245. The zero-order valence-corrected chi connectivity index (χ0v) is 12.4. The molecule has 0 rings (SSSR count). The van der Waals surface area contributed by atoms with Gasteiger partial charge in [-0.25, -0.2) is 0 Å². The lowest BCUT2D eigenvalue weighted by molar-refractivity contribution is -0.142. The minimum absolute atomic E-state index is 0.182. The lowest BCUT2D eigenvalue weighted by Crippen LogP contribution is -2.54. The molecule has 0 aliphatic rings. The molecule has 0 radical (unpaired) electrons. The minimum Gasteiger partial charge on any atom is -0.481 e. The standard InChI is InChI=1S/C12H20N4O7/c1-5(12(22)23)15-11(21)7(2-3-8(14)17)16-10(20)6(13)4-9(18)19/h5-7H,2-4,13H2,1H3,(H2,14,17)(H,15,21)(H,16,20)(H,18,19)(H,22,23).